The molecule has 0 N–H and O–H groups in total. The fourth-order valence-electron chi connectivity index (χ4n) is 6.16. The van der Waals surface area contributed by atoms with Crippen molar-refractivity contribution in [1.29, 1.82) is 0 Å². The van der Waals surface area contributed by atoms with Crippen molar-refractivity contribution in [2.75, 3.05) is 0 Å². The van der Waals surface area contributed by atoms with Crippen molar-refractivity contribution in [3.8, 4) is 5.69 Å². The van der Waals surface area contributed by atoms with Gasteiger partial charge < -0.3 is 0 Å². The van der Waals surface area contributed by atoms with Crippen molar-refractivity contribution >= 4 is 12.6 Å². The average Bonchev–Trinajstić information content (AvgIpc) is 2.81. The summed E-state index contributed by atoms with van der Waals surface area (Å²) in [6, 6.07) is 9.02. The molecular weight excluding hydrogens is 323 g/mol. The van der Waals surface area contributed by atoms with Crippen molar-refractivity contribution in [1.82, 2.24) is 9.55 Å². The van der Waals surface area contributed by atoms with E-state index in [0.717, 1.165) is 5.69 Å². The zero-order chi connectivity index (χ0) is 19.3. The molecule has 2 nitrogen and oxygen atoms in total. The third kappa shape index (κ3) is 3.19. The Morgan fingerprint density at radius 3 is 1.68 bits per heavy atom. The van der Waals surface area contributed by atoms with Crippen LogP contribution in [0.2, 0.25) is 0 Å². The fourth-order valence-corrected chi connectivity index (χ4v) is 16.3. The van der Waals surface area contributed by atoms with Crippen LogP contribution in [-0.2, 0) is 0 Å². The van der Waals surface area contributed by atoms with Crippen LogP contribution in [0.15, 0.2) is 36.8 Å². The molecular formula is C22H37N2P. The van der Waals surface area contributed by atoms with Crippen molar-refractivity contribution in [3.05, 3.63) is 42.5 Å². The Balaban J connectivity index is 2.95. The summed E-state index contributed by atoms with van der Waals surface area (Å²) in [7, 11) is -2.04. The molecule has 0 aliphatic carbocycles. The Morgan fingerprint density at radius 1 is 0.800 bits per heavy atom. The van der Waals surface area contributed by atoms with Crippen LogP contribution in [0.1, 0.15) is 68.0 Å². The number of aromatic nitrogens is 2. The number of hydrogen-bond donors (Lipinski definition) is 0. The van der Waals surface area contributed by atoms with Crippen LogP contribution in [0.25, 0.3) is 5.69 Å². The van der Waals surface area contributed by atoms with Gasteiger partial charge in [0.1, 0.15) is 0 Å². The first-order valence-corrected chi connectivity index (χ1v) is 11.3. The molecule has 2 rings (SSSR count). The molecule has 3 heteroatoms. The van der Waals surface area contributed by atoms with Crippen LogP contribution in [0.5, 0.6) is 0 Å². The maximum absolute atomic E-state index is 4.48. The summed E-state index contributed by atoms with van der Waals surface area (Å²) < 4.78 is 2.22. The number of imidazole rings is 1. The molecule has 2 aromatic rings. The molecule has 140 valence electrons. The molecule has 0 aliphatic rings. The van der Waals surface area contributed by atoms with Gasteiger partial charge in [0.25, 0.3) is 0 Å². The molecule has 1 heterocycles. The van der Waals surface area contributed by atoms with Crippen molar-refractivity contribution in [2.24, 2.45) is 0 Å². The predicted octanol–water partition coefficient (Wildman–Crippen LogP) is 5.95. The fraction of sp³-hybridized carbons (Fsp3) is 0.591. The number of para-hydroxylation sites is 1. The Morgan fingerprint density at radius 2 is 1.28 bits per heavy atom. The molecule has 0 fully saturated rings. The molecule has 0 radical (unpaired) electrons. The van der Waals surface area contributed by atoms with E-state index >= 15 is 0 Å². The molecule has 0 unspecified atom stereocenters. The van der Waals surface area contributed by atoms with Crippen molar-refractivity contribution in [3.63, 3.8) is 0 Å². The van der Waals surface area contributed by atoms with Gasteiger partial charge in [-0.15, -0.1) is 0 Å². The standard InChI is InChI=1S/C22H37N2P/c1-17-15-24(16-23-17)18-13-11-12-14-19(18)25(20(2,3)4,21(5,6)7)22(8,9)10/h11-16,25H,1-10H3. The number of nitrogens with zero attached hydrogens (tertiary/aromatic N) is 2. The van der Waals surface area contributed by atoms with Gasteiger partial charge in [-0.3, -0.25) is 0 Å². The predicted molar refractivity (Wildman–Crippen MR) is 116 cm³/mol. The number of hydrogen-bond acceptors (Lipinski definition) is 1. The monoisotopic (exact) mass is 360 g/mol. The van der Waals surface area contributed by atoms with Gasteiger partial charge in [-0.05, 0) is 0 Å². The van der Waals surface area contributed by atoms with E-state index in [0.29, 0.717) is 0 Å². The maximum atomic E-state index is 4.48. The van der Waals surface area contributed by atoms with E-state index in [-0.39, 0.29) is 15.5 Å². The van der Waals surface area contributed by atoms with Gasteiger partial charge in [0, 0.05) is 0 Å². The summed E-state index contributed by atoms with van der Waals surface area (Å²) in [4.78, 5) is 4.48. The molecule has 0 bridgehead atoms. The zero-order valence-electron chi connectivity index (χ0n) is 17.9. The van der Waals surface area contributed by atoms with E-state index in [1.54, 1.807) is 5.30 Å². The average molecular weight is 361 g/mol. The van der Waals surface area contributed by atoms with E-state index in [1.165, 1.54) is 5.69 Å². The number of rotatable bonds is 2. The third-order valence-corrected chi connectivity index (χ3v) is 13.7. The first kappa shape index (κ1) is 20.2. The summed E-state index contributed by atoms with van der Waals surface area (Å²) in [5.74, 6) is 0. The summed E-state index contributed by atoms with van der Waals surface area (Å²) in [6.07, 6.45) is 4.10. The van der Waals surface area contributed by atoms with Gasteiger partial charge in [0.05, 0.1) is 0 Å². The van der Waals surface area contributed by atoms with Crippen molar-refractivity contribution in [2.45, 2.75) is 84.7 Å². The molecule has 0 saturated heterocycles. The molecule has 0 atom stereocenters. The van der Waals surface area contributed by atoms with E-state index in [4.69, 9.17) is 0 Å². The molecule has 0 amide bonds. The zero-order valence-corrected chi connectivity index (χ0v) is 18.9. The van der Waals surface area contributed by atoms with Crippen LogP contribution in [0, 0.1) is 6.92 Å². The second-order valence-electron chi connectivity index (χ2n) is 10.4. The van der Waals surface area contributed by atoms with Gasteiger partial charge in [-0.2, -0.15) is 0 Å². The first-order valence-electron chi connectivity index (χ1n) is 9.34. The second-order valence-corrected chi connectivity index (χ2v) is 17.0. The van der Waals surface area contributed by atoms with E-state index in [1.807, 2.05) is 6.33 Å². The van der Waals surface area contributed by atoms with Gasteiger partial charge in [-0.25, -0.2) is 0 Å². The minimum absolute atomic E-state index is 0.217. The minimum atomic E-state index is -2.04. The van der Waals surface area contributed by atoms with E-state index < -0.39 is 7.26 Å². The van der Waals surface area contributed by atoms with Crippen LogP contribution < -0.4 is 5.30 Å². The Hall–Kier alpha value is -1.14. The van der Waals surface area contributed by atoms with Crippen LogP contribution in [0.3, 0.4) is 0 Å². The molecule has 0 aliphatic heterocycles. The summed E-state index contributed by atoms with van der Waals surface area (Å²) in [5.41, 5.74) is 2.36. The topological polar surface area (TPSA) is 17.8 Å². The molecule has 1 aromatic heterocycles. The summed E-state index contributed by atoms with van der Waals surface area (Å²) >= 11 is 0. The SMILES string of the molecule is Cc1cn(-c2ccccc2[PH](C(C)(C)C)(C(C)(C)C)C(C)(C)C)cn1. The number of benzene rings is 1. The molecule has 0 saturated carbocycles. The quantitative estimate of drug-likeness (QED) is 0.605. The first-order chi connectivity index (χ1) is 11.2. The molecule has 0 spiro atoms. The third-order valence-electron chi connectivity index (χ3n) is 5.67. The summed E-state index contributed by atoms with van der Waals surface area (Å²) in [6.45, 7) is 24.1. The van der Waals surface area contributed by atoms with Crippen LogP contribution >= 0.6 is 7.26 Å². The van der Waals surface area contributed by atoms with Crippen molar-refractivity contribution < 1.29 is 0 Å². The van der Waals surface area contributed by atoms with Gasteiger partial charge in [0.15, 0.2) is 0 Å². The van der Waals surface area contributed by atoms with Gasteiger partial charge >= 0.3 is 155 Å². The van der Waals surface area contributed by atoms with E-state index in [2.05, 4.69) is 109 Å². The Bertz CT molecular complexity index is 700. The normalized spacial score (nSPS) is 14.6. The van der Waals surface area contributed by atoms with Gasteiger partial charge in [-0.1, -0.05) is 0 Å². The second kappa shape index (κ2) is 6.23. The molecule has 25 heavy (non-hydrogen) atoms. The Labute approximate surface area is 155 Å². The molecule has 1 aromatic carbocycles. The van der Waals surface area contributed by atoms with Crippen LogP contribution in [0.4, 0.5) is 0 Å². The Kier molecular flexibility index (Phi) is 5.03. The van der Waals surface area contributed by atoms with Gasteiger partial charge in [0.2, 0.25) is 0 Å². The van der Waals surface area contributed by atoms with E-state index in [9.17, 15) is 0 Å². The summed E-state index contributed by atoms with van der Waals surface area (Å²) in [5, 5.41) is 2.19. The number of aryl methyl sites for hydroxylation is 1. The van der Waals surface area contributed by atoms with Crippen LogP contribution in [-0.4, -0.2) is 25.0 Å².